The van der Waals surface area contributed by atoms with E-state index in [1.807, 2.05) is 19.1 Å². The van der Waals surface area contributed by atoms with Crippen molar-refractivity contribution in [2.45, 2.75) is 38.9 Å². The number of fused-ring (bicyclic) bond motifs is 1. The smallest absolute Gasteiger partial charge is 0.217 e. The van der Waals surface area contributed by atoms with Gasteiger partial charge in [-0.2, -0.15) is 0 Å². The fourth-order valence-corrected chi connectivity index (χ4v) is 4.02. The third-order valence-electron chi connectivity index (χ3n) is 5.23. The van der Waals surface area contributed by atoms with Gasteiger partial charge in [0.25, 0.3) is 0 Å². The lowest BCUT2D eigenvalue weighted by atomic mass is 9.87. The number of amides is 1. The zero-order chi connectivity index (χ0) is 20.3. The van der Waals surface area contributed by atoms with Crippen LogP contribution in [-0.4, -0.2) is 37.6 Å². The topological polar surface area (TPSA) is 50.8 Å². The second kappa shape index (κ2) is 8.61. The Morgan fingerprint density at radius 2 is 1.86 bits per heavy atom. The van der Waals surface area contributed by atoms with Crippen molar-refractivity contribution in [3.8, 4) is 11.5 Å². The molecule has 6 heteroatoms. The van der Waals surface area contributed by atoms with Gasteiger partial charge in [0, 0.05) is 26.1 Å². The number of methoxy groups -OCH3 is 2. The molecule has 0 aliphatic carbocycles. The van der Waals surface area contributed by atoms with E-state index in [4.69, 9.17) is 9.47 Å². The molecule has 1 heterocycles. The molecule has 0 aromatic heterocycles. The SMILES string of the molecule is COc1cc2c(cc1OC)[C@@H]([C@@H](C)NC(C)=O)N(Cc1ccc(F)cc1)CC2. The van der Waals surface area contributed by atoms with Crippen molar-refractivity contribution in [2.24, 2.45) is 0 Å². The number of carbonyl (C=O) groups excluding carboxylic acids is 1. The van der Waals surface area contributed by atoms with Crippen molar-refractivity contribution in [1.29, 1.82) is 0 Å². The highest BCUT2D eigenvalue weighted by molar-refractivity contribution is 5.73. The molecule has 2 aromatic rings. The summed E-state index contributed by atoms with van der Waals surface area (Å²) in [6.07, 6.45) is 0.861. The third kappa shape index (κ3) is 4.28. The summed E-state index contributed by atoms with van der Waals surface area (Å²) < 4.78 is 24.2. The van der Waals surface area contributed by atoms with Crippen molar-refractivity contribution in [3.05, 3.63) is 58.9 Å². The van der Waals surface area contributed by atoms with E-state index >= 15 is 0 Å². The number of hydrogen-bond acceptors (Lipinski definition) is 4. The number of hydrogen-bond donors (Lipinski definition) is 1. The van der Waals surface area contributed by atoms with E-state index in [0.29, 0.717) is 18.0 Å². The van der Waals surface area contributed by atoms with Gasteiger partial charge < -0.3 is 14.8 Å². The lowest BCUT2D eigenvalue weighted by Crippen LogP contribution is -2.46. The van der Waals surface area contributed by atoms with E-state index < -0.39 is 0 Å². The Morgan fingerprint density at radius 1 is 1.21 bits per heavy atom. The summed E-state index contributed by atoms with van der Waals surface area (Å²) in [6.45, 7) is 5.03. The summed E-state index contributed by atoms with van der Waals surface area (Å²) in [5.41, 5.74) is 3.34. The summed E-state index contributed by atoms with van der Waals surface area (Å²) in [7, 11) is 3.25. The molecular formula is C22H27FN2O3. The maximum absolute atomic E-state index is 13.3. The molecule has 1 aliphatic heterocycles. The van der Waals surface area contributed by atoms with Crippen LogP contribution in [0, 0.1) is 5.82 Å². The zero-order valence-corrected chi connectivity index (χ0v) is 16.8. The third-order valence-corrected chi connectivity index (χ3v) is 5.23. The van der Waals surface area contributed by atoms with E-state index in [0.717, 1.165) is 24.1 Å². The predicted octanol–water partition coefficient (Wildman–Crippen LogP) is 3.47. The number of carbonyl (C=O) groups is 1. The summed E-state index contributed by atoms with van der Waals surface area (Å²) in [4.78, 5) is 14.0. The zero-order valence-electron chi connectivity index (χ0n) is 16.8. The van der Waals surface area contributed by atoms with Gasteiger partial charge in [0.2, 0.25) is 5.91 Å². The van der Waals surface area contributed by atoms with E-state index in [1.165, 1.54) is 24.6 Å². The van der Waals surface area contributed by atoms with Gasteiger partial charge in [0.05, 0.1) is 20.3 Å². The van der Waals surface area contributed by atoms with Crippen LogP contribution in [0.2, 0.25) is 0 Å². The monoisotopic (exact) mass is 386 g/mol. The lowest BCUT2D eigenvalue weighted by Gasteiger charge is -2.41. The predicted molar refractivity (Wildman–Crippen MR) is 106 cm³/mol. The first kappa shape index (κ1) is 20.1. The van der Waals surface area contributed by atoms with Gasteiger partial charge in [-0.05, 0) is 54.3 Å². The number of rotatable bonds is 6. The Hall–Kier alpha value is -2.60. The first-order chi connectivity index (χ1) is 13.4. The van der Waals surface area contributed by atoms with Gasteiger partial charge in [-0.3, -0.25) is 9.69 Å². The van der Waals surface area contributed by atoms with Crippen LogP contribution >= 0.6 is 0 Å². The molecule has 1 aliphatic rings. The molecule has 1 amide bonds. The first-order valence-corrected chi connectivity index (χ1v) is 9.43. The van der Waals surface area contributed by atoms with Gasteiger partial charge in [-0.1, -0.05) is 12.1 Å². The van der Waals surface area contributed by atoms with Crippen LogP contribution in [0.1, 0.15) is 36.6 Å². The van der Waals surface area contributed by atoms with Crippen LogP contribution in [0.3, 0.4) is 0 Å². The molecule has 0 saturated heterocycles. The number of nitrogens with zero attached hydrogens (tertiary/aromatic N) is 1. The van der Waals surface area contributed by atoms with Crippen molar-refractivity contribution in [2.75, 3.05) is 20.8 Å². The highest BCUT2D eigenvalue weighted by Gasteiger charge is 2.33. The van der Waals surface area contributed by atoms with Crippen molar-refractivity contribution >= 4 is 5.91 Å². The molecule has 0 saturated carbocycles. The normalized spacial score (nSPS) is 17.5. The summed E-state index contributed by atoms with van der Waals surface area (Å²) in [5.74, 6) is 1.07. The molecule has 0 fully saturated rings. The molecule has 1 N–H and O–H groups in total. The van der Waals surface area contributed by atoms with Crippen molar-refractivity contribution in [3.63, 3.8) is 0 Å². The maximum atomic E-state index is 13.3. The molecule has 28 heavy (non-hydrogen) atoms. The second-order valence-electron chi connectivity index (χ2n) is 7.19. The molecule has 0 unspecified atom stereocenters. The summed E-state index contributed by atoms with van der Waals surface area (Å²) in [5, 5.41) is 3.03. The van der Waals surface area contributed by atoms with Crippen LogP contribution in [0.4, 0.5) is 4.39 Å². The maximum Gasteiger partial charge on any atom is 0.217 e. The van der Waals surface area contributed by atoms with Crippen molar-refractivity contribution < 1.29 is 18.7 Å². The van der Waals surface area contributed by atoms with Crippen LogP contribution in [0.25, 0.3) is 0 Å². The minimum Gasteiger partial charge on any atom is -0.493 e. The molecule has 2 atom stereocenters. The second-order valence-corrected chi connectivity index (χ2v) is 7.19. The van der Waals surface area contributed by atoms with Crippen LogP contribution in [-0.2, 0) is 17.8 Å². The fraction of sp³-hybridized carbons (Fsp3) is 0.409. The van der Waals surface area contributed by atoms with Crippen LogP contribution < -0.4 is 14.8 Å². The largest absolute Gasteiger partial charge is 0.493 e. The fourth-order valence-electron chi connectivity index (χ4n) is 4.02. The molecular weight excluding hydrogens is 359 g/mol. The van der Waals surface area contributed by atoms with Gasteiger partial charge in [0.1, 0.15) is 5.82 Å². The van der Waals surface area contributed by atoms with Gasteiger partial charge in [-0.15, -0.1) is 0 Å². The Bertz CT molecular complexity index is 838. The molecule has 2 aromatic carbocycles. The van der Waals surface area contributed by atoms with Gasteiger partial charge in [-0.25, -0.2) is 4.39 Å². The average molecular weight is 386 g/mol. The van der Waals surface area contributed by atoms with Crippen LogP contribution in [0.5, 0.6) is 11.5 Å². The van der Waals surface area contributed by atoms with Crippen LogP contribution in [0.15, 0.2) is 36.4 Å². The number of benzene rings is 2. The highest BCUT2D eigenvalue weighted by Crippen LogP contribution is 2.40. The van der Waals surface area contributed by atoms with E-state index in [-0.39, 0.29) is 23.8 Å². The Kier molecular flexibility index (Phi) is 6.19. The molecule has 150 valence electrons. The Balaban J connectivity index is 1.99. The van der Waals surface area contributed by atoms with Crippen molar-refractivity contribution in [1.82, 2.24) is 10.2 Å². The number of halogens is 1. The number of nitrogens with one attached hydrogen (secondary N) is 1. The van der Waals surface area contributed by atoms with Gasteiger partial charge in [0.15, 0.2) is 11.5 Å². The quantitative estimate of drug-likeness (QED) is 0.826. The molecule has 0 radical (unpaired) electrons. The minimum atomic E-state index is -0.243. The standard InChI is InChI=1S/C22H27FN2O3/c1-14(24-15(2)26)22-19-12-21(28-4)20(27-3)11-17(19)9-10-25(22)13-16-5-7-18(23)8-6-16/h5-8,11-12,14,22H,9-10,13H2,1-4H3,(H,24,26)/t14-,22-/m1/s1. The lowest BCUT2D eigenvalue weighted by molar-refractivity contribution is -0.120. The summed E-state index contributed by atoms with van der Waals surface area (Å²) in [6, 6.07) is 10.5. The number of ether oxygens (including phenoxy) is 2. The highest BCUT2D eigenvalue weighted by atomic mass is 19.1. The Labute approximate surface area is 165 Å². The van der Waals surface area contributed by atoms with E-state index in [1.54, 1.807) is 26.4 Å². The van der Waals surface area contributed by atoms with Gasteiger partial charge >= 0.3 is 0 Å². The Morgan fingerprint density at radius 3 is 2.46 bits per heavy atom. The first-order valence-electron chi connectivity index (χ1n) is 9.43. The molecule has 5 nitrogen and oxygen atoms in total. The van der Waals surface area contributed by atoms with E-state index in [2.05, 4.69) is 10.2 Å². The average Bonchev–Trinajstić information content (AvgIpc) is 2.67. The molecule has 0 bridgehead atoms. The molecule has 0 spiro atoms. The minimum absolute atomic E-state index is 0.0301. The van der Waals surface area contributed by atoms with E-state index in [9.17, 15) is 9.18 Å². The molecule has 3 rings (SSSR count). The summed E-state index contributed by atoms with van der Waals surface area (Å²) >= 11 is 0.